The van der Waals surface area contributed by atoms with E-state index in [4.69, 9.17) is 5.73 Å². The molecule has 74 valence electrons. The lowest BCUT2D eigenvalue weighted by molar-refractivity contribution is 0.510. The van der Waals surface area contributed by atoms with Crippen LogP contribution < -0.4 is 5.73 Å². The van der Waals surface area contributed by atoms with Crippen LogP contribution in [0.1, 0.15) is 18.5 Å². The molecule has 0 saturated heterocycles. The molecule has 1 nitrogen and oxygen atoms in total. The van der Waals surface area contributed by atoms with Crippen molar-refractivity contribution in [3.05, 3.63) is 35.1 Å². The Morgan fingerprint density at radius 2 is 1.54 bits per heavy atom. The van der Waals surface area contributed by atoms with Gasteiger partial charge >= 0.3 is 0 Å². The Labute approximate surface area is 80.2 Å². The van der Waals surface area contributed by atoms with Gasteiger partial charge in [-0.05, 0) is 6.92 Å². The van der Waals surface area contributed by atoms with Crippen molar-refractivity contribution in [3.8, 4) is 0 Å². The van der Waals surface area contributed by atoms with Crippen LogP contribution in [0.15, 0.2) is 12.1 Å². The van der Waals surface area contributed by atoms with Gasteiger partial charge in [0.25, 0.3) is 0 Å². The van der Waals surface area contributed by atoms with Crippen LogP contribution in [0.3, 0.4) is 0 Å². The van der Waals surface area contributed by atoms with Crippen molar-refractivity contribution in [2.45, 2.75) is 13.0 Å². The average Bonchev–Trinajstić information content (AvgIpc) is 1.82. The minimum Gasteiger partial charge on any atom is -0.324 e. The zero-order chi connectivity index (χ0) is 9.30. The second-order valence-electron chi connectivity index (χ2n) is 2.57. The molecule has 0 amide bonds. The Bertz CT molecular complexity index is 278. The molecule has 1 unspecified atom stereocenters. The summed E-state index contributed by atoms with van der Waals surface area (Å²) in [5, 5.41) is 0. The molecule has 0 bridgehead atoms. The predicted octanol–water partition coefficient (Wildman–Crippen LogP) is 2.55. The van der Waals surface area contributed by atoms with Crippen LogP contribution in [-0.2, 0) is 0 Å². The Hall–Kier alpha value is -0.740. The molecule has 0 aliphatic heterocycles. The molecule has 0 radical (unpaired) electrons. The second-order valence-corrected chi connectivity index (χ2v) is 2.57. The summed E-state index contributed by atoms with van der Waals surface area (Å²) in [4.78, 5) is 0. The van der Waals surface area contributed by atoms with Crippen molar-refractivity contribution in [2.24, 2.45) is 5.73 Å². The molecule has 1 aromatic rings. The predicted molar refractivity (Wildman–Crippen MR) is 46.2 cm³/mol. The van der Waals surface area contributed by atoms with Crippen LogP contribution in [0.2, 0.25) is 0 Å². The van der Waals surface area contributed by atoms with E-state index in [2.05, 4.69) is 0 Å². The number of halogens is 4. The quantitative estimate of drug-likeness (QED) is 0.759. The summed E-state index contributed by atoms with van der Waals surface area (Å²) in [6.45, 7) is 1.43. The number of hydrogen-bond acceptors (Lipinski definition) is 1. The van der Waals surface area contributed by atoms with Crippen LogP contribution in [0.25, 0.3) is 0 Å². The normalized spacial score (nSPS) is 12.1. The first-order chi connectivity index (χ1) is 5.52. The minimum atomic E-state index is -0.942. The molecule has 0 aliphatic carbocycles. The van der Waals surface area contributed by atoms with Crippen molar-refractivity contribution in [1.82, 2.24) is 0 Å². The van der Waals surface area contributed by atoms with Crippen LogP contribution in [0.5, 0.6) is 0 Å². The number of hydrogen-bond donors (Lipinski definition) is 1. The standard InChI is InChI=1S/C8H8F3N.ClH/c1-4(12)8-6(10)2-5(9)3-7(8)11;/h2-4H,12H2,1H3;1H. The van der Waals surface area contributed by atoms with Crippen molar-refractivity contribution in [1.29, 1.82) is 0 Å². The zero-order valence-electron chi connectivity index (χ0n) is 6.85. The smallest absolute Gasteiger partial charge is 0.133 e. The van der Waals surface area contributed by atoms with E-state index in [1.165, 1.54) is 6.92 Å². The highest BCUT2D eigenvalue weighted by molar-refractivity contribution is 5.85. The molecule has 0 aliphatic rings. The minimum absolute atomic E-state index is 0. The maximum absolute atomic E-state index is 12.8. The van der Waals surface area contributed by atoms with E-state index < -0.39 is 23.5 Å². The van der Waals surface area contributed by atoms with Gasteiger partial charge in [-0.25, -0.2) is 13.2 Å². The van der Waals surface area contributed by atoms with Gasteiger partial charge in [0, 0.05) is 23.7 Å². The third-order valence-electron chi connectivity index (χ3n) is 1.50. The highest BCUT2D eigenvalue weighted by atomic mass is 35.5. The fourth-order valence-electron chi connectivity index (χ4n) is 0.988. The van der Waals surface area contributed by atoms with E-state index in [-0.39, 0.29) is 18.0 Å². The monoisotopic (exact) mass is 211 g/mol. The van der Waals surface area contributed by atoms with Crippen LogP contribution >= 0.6 is 12.4 Å². The lowest BCUT2D eigenvalue weighted by Crippen LogP contribution is -2.10. The molecule has 13 heavy (non-hydrogen) atoms. The first-order valence-electron chi connectivity index (χ1n) is 3.42. The Morgan fingerprint density at radius 1 is 1.15 bits per heavy atom. The number of nitrogens with two attached hydrogens (primary N) is 1. The van der Waals surface area contributed by atoms with E-state index in [1.807, 2.05) is 0 Å². The van der Waals surface area contributed by atoms with Gasteiger partial charge in [0.2, 0.25) is 0 Å². The van der Waals surface area contributed by atoms with Crippen molar-refractivity contribution in [3.63, 3.8) is 0 Å². The summed E-state index contributed by atoms with van der Waals surface area (Å²) in [5.41, 5.74) is 4.98. The summed E-state index contributed by atoms with van der Waals surface area (Å²) in [6, 6.07) is 0.453. The van der Waals surface area contributed by atoms with Gasteiger partial charge in [-0.3, -0.25) is 0 Å². The highest BCUT2D eigenvalue weighted by Gasteiger charge is 2.14. The third kappa shape index (κ3) is 2.60. The van der Waals surface area contributed by atoms with Crippen LogP contribution in [0.4, 0.5) is 13.2 Å². The highest BCUT2D eigenvalue weighted by Crippen LogP contribution is 2.19. The van der Waals surface area contributed by atoms with Gasteiger partial charge < -0.3 is 5.73 Å². The summed E-state index contributed by atoms with van der Waals surface area (Å²) in [6.07, 6.45) is 0. The lowest BCUT2D eigenvalue weighted by atomic mass is 10.1. The summed E-state index contributed by atoms with van der Waals surface area (Å²) >= 11 is 0. The number of benzene rings is 1. The van der Waals surface area contributed by atoms with Gasteiger partial charge in [-0.2, -0.15) is 0 Å². The van der Waals surface area contributed by atoms with E-state index in [0.717, 1.165) is 0 Å². The van der Waals surface area contributed by atoms with Gasteiger partial charge in [-0.15, -0.1) is 12.4 Å². The van der Waals surface area contributed by atoms with Crippen molar-refractivity contribution < 1.29 is 13.2 Å². The third-order valence-corrected chi connectivity index (χ3v) is 1.50. The topological polar surface area (TPSA) is 26.0 Å². The molecule has 1 aromatic carbocycles. The molecule has 1 atom stereocenters. The van der Waals surface area contributed by atoms with E-state index >= 15 is 0 Å². The zero-order valence-corrected chi connectivity index (χ0v) is 7.67. The Balaban J connectivity index is 0.00000144. The molecular weight excluding hydrogens is 203 g/mol. The molecule has 2 N–H and O–H groups in total. The first-order valence-corrected chi connectivity index (χ1v) is 3.42. The summed E-state index contributed by atoms with van der Waals surface area (Å²) in [5.74, 6) is -2.82. The van der Waals surface area contributed by atoms with Crippen LogP contribution in [-0.4, -0.2) is 0 Å². The maximum atomic E-state index is 12.8. The molecule has 5 heteroatoms. The molecule has 0 heterocycles. The van der Waals surface area contributed by atoms with Crippen LogP contribution in [0, 0.1) is 17.5 Å². The fourth-order valence-corrected chi connectivity index (χ4v) is 0.988. The Kier molecular flexibility index (Phi) is 4.23. The van der Waals surface area contributed by atoms with E-state index in [1.54, 1.807) is 0 Å². The largest absolute Gasteiger partial charge is 0.324 e. The summed E-state index contributed by atoms with van der Waals surface area (Å²) < 4.78 is 38.0. The number of rotatable bonds is 1. The van der Waals surface area contributed by atoms with Crippen molar-refractivity contribution in [2.75, 3.05) is 0 Å². The second kappa shape index (κ2) is 4.48. The first kappa shape index (κ1) is 12.3. The van der Waals surface area contributed by atoms with Gasteiger partial charge in [-0.1, -0.05) is 0 Å². The lowest BCUT2D eigenvalue weighted by Gasteiger charge is -2.07. The average molecular weight is 212 g/mol. The molecule has 0 saturated carbocycles. The van der Waals surface area contributed by atoms with Gasteiger partial charge in [0.1, 0.15) is 17.5 Å². The Morgan fingerprint density at radius 3 is 1.85 bits per heavy atom. The molecule has 1 rings (SSSR count). The van der Waals surface area contributed by atoms with Gasteiger partial charge in [0.15, 0.2) is 0 Å². The molecule has 0 fully saturated rings. The molecule has 0 aromatic heterocycles. The SMILES string of the molecule is CC(N)c1c(F)cc(F)cc1F.Cl. The van der Waals surface area contributed by atoms with E-state index in [0.29, 0.717) is 12.1 Å². The summed E-state index contributed by atoms with van der Waals surface area (Å²) in [7, 11) is 0. The fraction of sp³-hybridized carbons (Fsp3) is 0.250. The molecule has 0 spiro atoms. The molecular formula is C8H9ClF3N. The van der Waals surface area contributed by atoms with Gasteiger partial charge in [0.05, 0.1) is 0 Å². The van der Waals surface area contributed by atoms with Crippen molar-refractivity contribution >= 4 is 12.4 Å². The van der Waals surface area contributed by atoms with E-state index in [9.17, 15) is 13.2 Å². The maximum Gasteiger partial charge on any atom is 0.133 e.